The molecule has 5 nitrogen and oxygen atoms in total. The van der Waals surface area contributed by atoms with E-state index in [0.29, 0.717) is 0 Å². The highest BCUT2D eigenvalue weighted by Crippen LogP contribution is 2.32. The van der Waals surface area contributed by atoms with E-state index in [0.717, 1.165) is 39.7 Å². The van der Waals surface area contributed by atoms with Gasteiger partial charge in [0.15, 0.2) is 5.82 Å². The summed E-state index contributed by atoms with van der Waals surface area (Å²) in [5.41, 5.74) is 4.13. The van der Waals surface area contributed by atoms with E-state index in [-0.39, 0.29) is 0 Å². The summed E-state index contributed by atoms with van der Waals surface area (Å²) in [6.45, 7) is 7.04. The second-order valence-electron chi connectivity index (χ2n) is 4.47. The van der Waals surface area contributed by atoms with Gasteiger partial charge >= 0.3 is 0 Å². The average molecular weight is 399 g/mol. The zero-order chi connectivity index (χ0) is 14.3. The van der Waals surface area contributed by atoms with E-state index >= 15 is 0 Å². The van der Waals surface area contributed by atoms with Crippen molar-refractivity contribution in [1.29, 1.82) is 0 Å². The molecule has 0 fully saturated rings. The van der Waals surface area contributed by atoms with Crippen molar-refractivity contribution in [2.75, 3.05) is 5.32 Å². The van der Waals surface area contributed by atoms with Gasteiger partial charge < -0.3 is 5.32 Å². The Morgan fingerprint density at radius 2 is 2.15 bits per heavy atom. The third-order valence-corrected chi connectivity index (χ3v) is 5.10. The van der Waals surface area contributed by atoms with Crippen molar-refractivity contribution in [1.82, 2.24) is 19.7 Å². The zero-order valence-electron chi connectivity index (χ0n) is 11.4. The highest BCUT2D eigenvalue weighted by molar-refractivity contribution is 14.1. The summed E-state index contributed by atoms with van der Waals surface area (Å²) in [6, 6.07) is 2.07. The standard InChI is InChI=1S/C13H14IN5S/c1-4-19-8(3)11(7(2)18-19)17-13-12-9(15-6-16-13)5-10(14)20-12/h5-6H,4H2,1-3H3,(H,15,16,17). The Labute approximate surface area is 134 Å². The van der Waals surface area contributed by atoms with Gasteiger partial charge in [0.2, 0.25) is 0 Å². The number of aryl methyl sites for hydroxylation is 2. The number of hydrogen-bond acceptors (Lipinski definition) is 5. The summed E-state index contributed by atoms with van der Waals surface area (Å²) in [6.07, 6.45) is 1.60. The number of fused-ring (bicyclic) bond motifs is 1. The quantitative estimate of drug-likeness (QED) is 0.680. The summed E-state index contributed by atoms with van der Waals surface area (Å²) in [5, 5.41) is 7.95. The molecule has 0 spiro atoms. The Bertz CT molecular complexity index is 777. The fourth-order valence-corrected chi connectivity index (χ4v) is 3.96. The zero-order valence-corrected chi connectivity index (χ0v) is 14.4. The van der Waals surface area contributed by atoms with Crippen LogP contribution in [0.3, 0.4) is 0 Å². The largest absolute Gasteiger partial charge is 0.336 e. The number of nitrogens with zero attached hydrogens (tertiary/aromatic N) is 4. The molecule has 7 heteroatoms. The van der Waals surface area contributed by atoms with Gasteiger partial charge in [-0.2, -0.15) is 5.10 Å². The molecular weight excluding hydrogens is 385 g/mol. The fraction of sp³-hybridized carbons (Fsp3) is 0.308. The molecule has 0 unspecified atom stereocenters. The van der Waals surface area contributed by atoms with Crippen LogP contribution in [0.1, 0.15) is 18.3 Å². The highest BCUT2D eigenvalue weighted by Gasteiger charge is 2.14. The molecule has 20 heavy (non-hydrogen) atoms. The molecule has 1 N–H and O–H groups in total. The van der Waals surface area contributed by atoms with Gasteiger partial charge in [0.25, 0.3) is 0 Å². The van der Waals surface area contributed by atoms with E-state index in [9.17, 15) is 0 Å². The first kappa shape index (κ1) is 13.7. The van der Waals surface area contributed by atoms with Gasteiger partial charge in [-0.15, -0.1) is 11.3 Å². The molecule has 0 aliphatic rings. The van der Waals surface area contributed by atoms with Gasteiger partial charge in [-0.1, -0.05) is 0 Å². The number of halogens is 1. The van der Waals surface area contributed by atoms with Gasteiger partial charge in [-0.3, -0.25) is 4.68 Å². The van der Waals surface area contributed by atoms with Crippen LogP contribution in [0.2, 0.25) is 0 Å². The Kier molecular flexibility index (Phi) is 3.63. The molecule has 0 radical (unpaired) electrons. The van der Waals surface area contributed by atoms with E-state index in [4.69, 9.17) is 0 Å². The van der Waals surface area contributed by atoms with E-state index in [1.807, 2.05) is 11.6 Å². The molecule has 3 aromatic rings. The Morgan fingerprint density at radius 1 is 1.35 bits per heavy atom. The maximum atomic E-state index is 4.52. The number of thiophene rings is 1. The minimum Gasteiger partial charge on any atom is -0.336 e. The molecule has 104 valence electrons. The molecule has 0 atom stereocenters. The normalized spacial score (nSPS) is 11.2. The minimum atomic E-state index is 0.852. The third kappa shape index (κ3) is 2.28. The third-order valence-electron chi connectivity index (χ3n) is 3.21. The van der Waals surface area contributed by atoms with Gasteiger partial charge in [0, 0.05) is 6.54 Å². The fourth-order valence-electron chi connectivity index (χ4n) is 2.22. The van der Waals surface area contributed by atoms with Crippen molar-refractivity contribution in [2.24, 2.45) is 0 Å². The molecule has 0 bridgehead atoms. The van der Waals surface area contributed by atoms with Crippen molar-refractivity contribution in [2.45, 2.75) is 27.3 Å². The lowest BCUT2D eigenvalue weighted by atomic mass is 10.3. The van der Waals surface area contributed by atoms with Crippen LogP contribution in [0.5, 0.6) is 0 Å². The van der Waals surface area contributed by atoms with Crippen molar-refractivity contribution < 1.29 is 0 Å². The van der Waals surface area contributed by atoms with Crippen LogP contribution < -0.4 is 5.32 Å². The summed E-state index contributed by atoms with van der Waals surface area (Å²) in [5.74, 6) is 0.852. The maximum absolute atomic E-state index is 4.52. The van der Waals surface area contributed by atoms with Gasteiger partial charge in [0.05, 0.1) is 30.2 Å². The Hall–Kier alpha value is -1.22. The van der Waals surface area contributed by atoms with Gasteiger partial charge in [-0.05, 0) is 49.4 Å². The van der Waals surface area contributed by atoms with E-state index in [1.165, 1.54) is 2.88 Å². The first-order valence-electron chi connectivity index (χ1n) is 6.31. The topological polar surface area (TPSA) is 55.6 Å². The molecular formula is C13H14IN5S. The van der Waals surface area contributed by atoms with Crippen LogP contribution >= 0.6 is 33.9 Å². The number of nitrogens with one attached hydrogen (secondary N) is 1. The molecule has 3 aromatic heterocycles. The number of rotatable bonds is 3. The average Bonchev–Trinajstić information content (AvgIpc) is 2.93. The van der Waals surface area contributed by atoms with Crippen LogP contribution in [0.25, 0.3) is 10.2 Å². The Morgan fingerprint density at radius 3 is 2.85 bits per heavy atom. The summed E-state index contributed by atoms with van der Waals surface area (Å²) < 4.78 is 4.28. The summed E-state index contributed by atoms with van der Waals surface area (Å²) in [4.78, 5) is 8.68. The second kappa shape index (κ2) is 5.28. The Balaban J connectivity index is 2.07. The van der Waals surface area contributed by atoms with E-state index in [1.54, 1.807) is 17.7 Å². The predicted molar refractivity (Wildman–Crippen MR) is 90.8 cm³/mol. The number of aromatic nitrogens is 4. The second-order valence-corrected chi connectivity index (χ2v) is 7.42. The summed E-state index contributed by atoms with van der Waals surface area (Å²) in [7, 11) is 0. The molecule has 0 saturated carbocycles. The van der Waals surface area contributed by atoms with Crippen molar-refractivity contribution in [3.8, 4) is 0 Å². The van der Waals surface area contributed by atoms with E-state index in [2.05, 4.69) is 62.9 Å². The molecule has 0 aliphatic heterocycles. The smallest absolute Gasteiger partial charge is 0.151 e. The van der Waals surface area contributed by atoms with Crippen molar-refractivity contribution >= 4 is 55.6 Å². The summed E-state index contributed by atoms with van der Waals surface area (Å²) >= 11 is 4.00. The van der Waals surface area contributed by atoms with Crippen molar-refractivity contribution in [3.05, 3.63) is 26.7 Å². The lowest BCUT2D eigenvalue weighted by molar-refractivity contribution is 0.634. The SMILES string of the molecule is CCn1nc(C)c(Nc2ncnc3cc(I)sc23)c1C. The van der Waals surface area contributed by atoms with Gasteiger partial charge in [-0.25, -0.2) is 9.97 Å². The van der Waals surface area contributed by atoms with Crippen LogP contribution in [-0.4, -0.2) is 19.7 Å². The monoisotopic (exact) mass is 399 g/mol. The lowest BCUT2D eigenvalue weighted by Crippen LogP contribution is -2.00. The molecule has 0 amide bonds. The molecule has 3 heterocycles. The van der Waals surface area contributed by atoms with E-state index < -0.39 is 0 Å². The van der Waals surface area contributed by atoms with Crippen LogP contribution in [0, 0.1) is 16.7 Å². The molecule has 3 rings (SSSR count). The van der Waals surface area contributed by atoms with Crippen molar-refractivity contribution in [3.63, 3.8) is 0 Å². The first-order valence-corrected chi connectivity index (χ1v) is 8.20. The van der Waals surface area contributed by atoms with Crippen LogP contribution in [-0.2, 0) is 6.54 Å². The molecule has 0 saturated heterocycles. The van der Waals surface area contributed by atoms with Crippen LogP contribution in [0.4, 0.5) is 11.5 Å². The molecule has 0 aliphatic carbocycles. The minimum absolute atomic E-state index is 0.852. The first-order chi connectivity index (χ1) is 9.60. The predicted octanol–water partition coefficient (Wildman–Crippen LogP) is 3.87. The lowest BCUT2D eigenvalue weighted by Gasteiger charge is -2.07. The highest BCUT2D eigenvalue weighted by atomic mass is 127. The molecule has 0 aromatic carbocycles. The number of anilines is 2. The van der Waals surface area contributed by atoms with Crippen LogP contribution in [0.15, 0.2) is 12.4 Å². The number of hydrogen-bond donors (Lipinski definition) is 1. The van der Waals surface area contributed by atoms with Gasteiger partial charge in [0.1, 0.15) is 6.33 Å². The maximum Gasteiger partial charge on any atom is 0.151 e.